The first-order chi connectivity index (χ1) is 10.8. The number of carbonyl (C=O) groups excluding carboxylic acids is 1. The van der Waals surface area contributed by atoms with Gasteiger partial charge in [0.05, 0.1) is 28.3 Å². The van der Waals surface area contributed by atoms with Crippen LogP contribution in [0, 0.1) is 19.5 Å². The maximum Gasteiger partial charge on any atom is 0.271 e. The third-order valence-corrected chi connectivity index (χ3v) is 4.42. The standard InChI is InChI=1S/C14H9ClFIN2O4/c1-23-13-6-11(17)9(15)5-8(13)14(20)18-12-4-7(19(21)22)2-3-10(12)16/h2-6H,1H3,(H,18,20). The van der Waals surface area contributed by atoms with Crippen LogP contribution in [-0.4, -0.2) is 17.9 Å². The minimum absolute atomic E-state index is 0.0869. The summed E-state index contributed by atoms with van der Waals surface area (Å²) in [7, 11) is 1.38. The topological polar surface area (TPSA) is 81.5 Å². The van der Waals surface area contributed by atoms with Gasteiger partial charge in [-0.2, -0.15) is 0 Å². The van der Waals surface area contributed by atoms with E-state index in [1.165, 1.54) is 13.2 Å². The minimum Gasteiger partial charge on any atom is -0.496 e. The Morgan fingerprint density at radius 3 is 2.70 bits per heavy atom. The Hall–Kier alpha value is -1.94. The number of nitrogens with zero attached hydrogens (tertiary/aromatic N) is 1. The largest absolute Gasteiger partial charge is 0.496 e. The molecule has 0 saturated heterocycles. The van der Waals surface area contributed by atoms with Crippen molar-refractivity contribution in [3.8, 4) is 5.75 Å². The van der Waals surface area contributed by atoms with Crippen LogP contribution in [0.5, 0.6) is 5.75 Å². The van der Waals surface area contributed by atoms with Crippen LogP contribution >= 0.6 is 34.2 Å². The highest BCUT2D eigenvalue weighted by Gasteiger charge is 2.18. The van der Waals surface area contributed by atoms with E-state index in [1.807, 2.05) is 22.6 Å². The number of rotatable bonds is 4. The summed E-state index contributed by atoms with van der Waals surface area (Å²) in [5.41, 5.74) is -0.556. The van der Waals surface area contributed by atoms with Crippen molar-refractivity contribution >= 4 is 51.5 Å². The van der Waals surface area contributed by atoms with E-state index in [0.717, 1.165) is 18.2 Å². The Labute approximate surface area is 148 Å². The van der Waals surface area contributed by atoms with Crippen LogP contribution in [0.3, 0.4) is 0 Å². The fourth-order valence-electron chi connectivity index (χ4n) is 1.79. The number of hydrogen-bond acceptors (Lipinski definition) is 4. The van der Waals surface area contributed by atoms with E-state index in [-0.39, 0.29) is 22.7 Å². The molecule has 1 amide bonds. The van der Waals surface area contributed by atoms with E-state index in [0.29, 0.717) is 8.59 Å². The van der Waals surface area contributed by atoms with Crippen LogP contribution in [0.2, 0.25) is 5.02 Å². The van der Waals surface area contributed by atoms with Crippen molar-refractivity contribution in [3.05, 3.63) is 60.4 Å². The lowest BCUT2D eigenvalue weighted by molar-refractivity contribution is -0.384. The summed E-state index contributed by atoms with van der Waals surface area (Å²) in [6.07, 6.45) is 0. The van der Waals surface area contributed by atoms with Gasteiger partial charge in [0, 0.05) is 15.7 Å². The van der Waals surface area contributed by atoms with Crippen molar-refractivity contribution in [1.82, 2.24) is 0 Å². The zero-order chi connectivity index (χ0) is 17.1. The summed E-state index contributed by atoms with van der Waals surface area (Å²) >= 11 is 7.96. The van der Waals surface area contributed by atoms with E-state index in [4.69, 9.17) is 16.3 Å². The van der Waals surface area contributed by atoms with Crippen LogP contribution < -0.4 is 10.1 Å². The summed E-state index contributed by atoms with van der Waals surface area (Å²) in [6.45, 7) is 0. The number of benzene rings is 2. The number of halogens is 3. The van der Waals surface area contributed by atoms with Crippen molar-refractivity contribution in [2.24, 2.45) is 0 Å². The number of non-ortho nitro benzene ring substituents is 1. The molecule has 0 heterocycles. The average molecular weight is 451 g/mol. The van der Waals surface area contributed by atoms with Crippen LogP contribution in [0.4, 0.5) is 15.8 Å². The lowest BCUT2D eigenvalue weighted by Gasteiger charge is -2.11. The Kier molecular flexibility index (Phi) is 5.37. The first-order valence-electron chi connectivity index (χ1n) is 6.11. The highest BCUT2D eigenvalue weighted by Crippen LogP contribution is 2.29. The van der Waals surface area contributed by atoms with E-state index in [2.05, 4.69) is 5.32 Å². The van der Waals surface area contributed by atoms with E-state index >= 15 is 0 Å². The summed E-state index contributed by atoms with van der Waals surface area (Å²) in [4.78, 5) is 22.4. The maximum atomic E-state index is 13.7. The lowest BCUT2D eigenvalue weighted by atomic mass is 10.1. The van der Waals surface area contributed by atoms with Gasteiger partial charge in [0.15, 0.2) is 0 Å². The molecular formula is C14H9ClFIN2O4. The Bertz CT molecular complexity index is 801. The summed E-state index contributed by atoms with van der Waals surface area (Å²) in [5, 5.41) is 13.3. The third-order valence-electron chi connectivity index (χ3n) is 2.90. The van der Waals surface area contributed by atoms with Crippen molar-refractivity contribution in [2.45, 2.75) is 0 Å². The van der Waals surface area contributed by atoms with Crippen LogP contribution in [0.1, 0.15) is 10.4 Å². The van der Waals surface area contributed by atoms with Gasteiger partial charge in [-0.15, -0.1) is 0 Å². The van der Waals surface area contributed by atoms with Crippen molar-refractivity contribution in [2.75, 3.05) is 12.4 Å². The van der Waals surface area contributed by atoms with E-state index in [1.54, 1.807) is 6.07 Å². The molecule has 0 aliphatic heterocycles. The van der Waals surface area contributed by atoms with Crippen LogP contribution in [-0.2, 0) is 0 Å². The van der Waals surface area contributed by atoms with Gasteiger partial charge in [-0.25, -0.2) is 4.39 Å². The van der Waals surface area contributed by atoms with Gasteiger partial charge in [0.2, 0.25) is 0 Å². The second-order valence-electron chi connectivity index (χ2n) is 4.34. The fourth-order valence-corrected chi connectivity index (χ4v) is 2.39. The Morgan fingerprint density at radius 1 is 1.39 bits per heavy atom. The molecule has 1 N–H and O–H groups in total. The molecule has 0 unspecified atom stereocenters. The molecule has 0 atom stereocenters. The van der Waals surface area contributed by atoms with Gasteiger partial charge in [-0.05, 0) is 40.8 Å². The Morgan fingerprint density at radius 2 is 2.09 bits per heavy atom. The smallest absolute Gasteiger partial charge is 0.271 e. The molecule has 0 fully saturated rings. The predicted octanol–water partition coefficient (Wildman–Crippen LogP) is 4.25. The number of nitro groups is 1. The van der Waals surface area contributed by atoms with Crippen LogP contribution in [0.15, 0.2) is 30.3 Å². The lowest BCUT2D eigenvalue weighted by Crippen LogP contribution is -2.14. The molecule has 2 aromatic rings. The first-order valence-corrected chi connectivity index (χ1v) is 7.57. The highest BCUT2D eigenvalue weighted by molar-refractivity contribution is 14.1. The molecule has 23 heavy (non-hydrogen) atoms. The molecule has 9 heteroatoms. The molecule has 0 spiro atoms. The number of anilines is 1. The van der Waals surface area contributed by atoms with Gasteiger partial charge in [-0.3, -0.25) is 14.9 Å². The second-order valence-corrected chi connectivity index (χ2v) is 5.91. The van der Waals surface area contributed by atoms with E-state index in [9.17, 15) is 19.3 Å². The minimum atomic E-state index is -0.792. The monoisotopic (exact) mass is 450 g/mol. The number of methoxy groups -OCH3 is 1. The summed E-state index contributed by atoms with van der Waals surface area (Å²) < 4.78 is 19.5. The van der Waals surface area contributed by atoms with Gasteiger partial charge >= 0.3 is 0 Å². The van der Waals surface area contributed by atoms with Gasteiger partial charge in [-0.1, -0.05) is 11.6 Å². The Balaban J connectivity index is 2.38. The molecular weight excluding hydrogens is 442 g/mol. The van der Waals surface area contributed by atoms with Crippen LogP contribution in [0.25, 0.3) is 0 Å². The number of nitro benzene ring substituents is 1. The first kappa shape index (κ1) is 17.4. The molecule has 2 rings (SSSR count). The third kappa shape index (κ3) is 3.88. The van der Waals surface area contributed by atoms with Gasteiger partial charge in [0.1, 0.15) is 11.6 Å². The molecule has 2 aromatic carbocycles. The molecule has 0 aromatic heterocycles. The zero-order valence-electron chi connectivity index (χ0n) is 11.6. The van der Waals surface area contributed by atoms with Gasteiger partial charge in [0.25, 0.3) is 11.6 Å². The second kappa shape index (κ2) is 7.09. The number of nitrogens with one attached hydrogen (secondary N) is 1. The molecule has 0 saturated carbocycles. The van der Waals surface area contributed by atoms with Crippen molar-refractivity contribution in [3.63, 3.8) is 0 Å². The quantitative estimate of drug-likeness (QED) is 0.429. The summed E-state index contributed by atoms with van der Waals surface area (Å²) in [6, 6.07) is 5.79. The molecule has 0 aliphatic carbocycles. The normalized spacial score (nSPS) is 10.3. The van der Waals surface area contributed by atoms with E-state index < -0.39 is 16.6 Å². The number of ether oxygens (including phenoxy) is 1. The molecule has 0 aliphatic rings. The number of carbonyl (C=O) groups is 1. The molecule has 0 bridgehead atoms. The van der Waals surface area contributed by atoms with Crippen molar-refractivity contribution < 1.29 is 18.8 Å². The highest BCUT2D eigenvalue weighted by atomic mass is 127. The molecule has 0 radical (unpaired) electrons. The number of hydrogen-bond donors (Lipinski definition) is 1. The summed E-state index contributed by atoms with van der Waals surface area (Å²) in [5.74, 6) is -1.23. The molecule has 120 valence electrons. The van der Waals surface area contributed by atoms with Crippen molar-refractivity contribution in [1.29, 1.82) is 0 Å². The average Bonchev–Trinajstić information content (AvgIpc) is 2.51. The predicted molar refractivity (Wildman–Crippen MR) is 91.7 cm³/mol. The maximum absolute atomic E-state index is 13.7. The zero-order valence-corrected chi connectivity index (χ0v) is 14.5. The number of amides is 1. The fraction of sp³-hybridized carbons (Fsp3) is 0.0714. The van der Waals surface area contributed by atoms with Gasteiger partial charge < -0.3 is 10.1 Å². The molecule has 6 nitrogen and oxygen atoms in total. The SMILES string of the molecule is COc1cc(I)c(Cl)cc1C(=O)Nc1cc([N+](=O)[O-])ccc1F.